The molecule has 5 nitrogen and oxygen atoms in total. The summed E-state index contributed by atoms with van der Waals surface area (Å²) in [5.74, 6) is -0.317. The van der Waals surface area contributed by atoms with Gasteiger partial charge in [0.1, 0.15) is 4.47 Å². The molecule has 0 bridgehead atoms. The number of carbonyl (C=O) groups excluding carboxylic acids is 1. The van der Waals surface area contributed by atoms with E-state index in [0.29, 0.717) is 15.9 Å². The Hall–Kier alpha value is -1.73. The molecular weight excluding hydrogens is 332 g/mol. The van der Waals surface area contributed by atoms with Crippen LogP contribution in [0.15, 0.2) is 40.9 Å². The Balaban J connectivity index is 2.04. The Morgan fingerprint density at radius 2 is 2.05 bits per heavy atom. The quantitative estimate of drug-likeness (QED) is 0.685. The molecule has 98 valence electrons. The molecule has 1 heterocycles. The lowest BCUT2D eigenvalue weighted by molar-refractivity contribution is -0.380. The predicted molar refractivity (Wildman–Crippen MR) is 76.3 cm³/mol. The summed E-state index contributed by atoms with van der Waals surface area (Å²) in [6.07, 6.45) is 0. The zero-order chi connectivity index (χ0) is 13.8. The molecule has 0 aliphatic carbocycles. The Morgan fingerprint density at radius 3 is 2.63 bits per heavy atom. The summed E-state index contributed by atoms with van der Waals surface area (Å²) in [6.45, 7) is 0.392. The van der Waals surface area contributed by atoms with E-state index in [9.17, 15) is 14.9 Å². The predicted octanol–water partition coefficient (Wildman–Crippen LogP) is 3.35. The normalized spacial score (nSPS) is 10.2. The van der Waals surface area contributed by atoms with Gasteiger partial charge in [-0.05, 0) is 27.6 Å². The number of amides is 1. The van der Waals surface area contributed by atoms with Crippen LogP contribution in [0.1, 0.15) is 15.2 Å². The number of hydrogen-bond acceptors (Lipinski definition) is 4. The van der Waals surface area contributed by atoms with E-state index in [2.05, 4.69) is 21.2 Å². The molecule has 19 heavy (non-hydrogen) atoms. The number of halogens is 1. The van der Waals surface area contributed by atoms with Gasteiger partial charge >= 0.3 is 5.00 Å². The summed E-state index contributed by atoms with van der Waals surface area (Å²) in [5, 5.41) is 13.3. The van der Waals surface area contributed by atoms with Gasteiger partial charge in [0, 0.05) is 6.54 Å². The second-order valence-electron chi connectivity index (χ2n) is 3.69. The summed E-state index contributed by atoms with van der Waals surface area (Å²) in [4.78, 5) is 22.4. The summed E-state index contributed by atoms with van der Waals surface area (Å²) in [5.41, 5.74) is 0.973. The highest BCUT2D eigenvalue weighted by Crippen LogP contribution is 2.34. The van der Waals surface area contributed by atoms with E-state index in [1.54, 1.807) is 0 Å². The molecule has 0 unspecified atom stereocenters. The molecule has 1 aromatic carbocycles. The van der Waals surface area contributed by atoms with Crippen LogP contribution in [0.3, 0.4) is 0 Å². The molecular formula is C12H9BrN2O3S. The number of thiophene rings is 1. The van der Waals surface area contributed by atoms with Crippen molar-refractivity contribution < 1.29 is 9.72 Å². The fourth-order valence-corrected chi connectivity index (χ4v) is 3.01. The van der Waals surface area contributed by atoms with Crippen LogP contribution in [0.5, 0.6) is 0 Å². The Kier molecular flexibility index (Phi) is 4.28. The Bertz CT molecular complexity index is 613. The van der Waals surface area contributed by atoms with E-state index in [-0.39, 0.29) is 10.9 Å². The minimum absolute atomic E-state index is 0.0649. The number of nitrogens with one attached hydrogen (secondary N) is 1. The first-order valence-corrected chi connectivity index (χ1v) is 6.94. The molecule has 0 atom stereocenters. The third-order valence-electron chi connectivity index (χ3n) is 2.35. The number of benzene rings is 1. The van der Waals surface area contributed by atoms with Crippen LogP contribution >= 0.6 is 27.3 Å². The van der Waals surface area contributed by atoms with Crippen molar-refractivity contribution in [1.29, 1.82) is 0 Å². The molecule has 0 fully saturated rings. The van der Waals surface area contributed by atoms with Crippen LogP contribution in [0, 0.1) is 10.1 Å². The lowest BCUT2D eigenvalue weighted by atomic mass is 10.2. The minimum Gasteiger partial charge on any atom is -0.347 e. The summed E-state index contributed by atoms with van der Waals surface area (Å²) in [7, 11) is 0. The smallest absolute Gasteiger partial charge is 0.338 e. The van der Waals surface area contributed by atoms with Crippen molar-refractivity contribution in [3.05, 3.63) is 61.4 Å². The largest absolute Gasteiger partial charge is 0.347 e. The van der Waals surface area contributed by atoms with Gasteiger partial charge < -0.3 is 5.32 Å². The van der Waals surface area contributed by atoms with Gasteiger partial charge in [-0.1, -0.05) is 41.7 Å². The molecule has 0 spiro atoms. The Morgan fingerprint density at radius 1 is 1.37 bits per heavy atom. The summed E-state index contributed by atoms with van der Waals surface area (Å²) in [6, 6.07) is 10.9. The Labute approximate surface area is 121 Å². The van der Waals surface area contributed by atoms with E-state index < -0.39 is 4.92 Å². The molecule has 1 amide bonds. The minimum atomic E-state index is -0.511. The van der Waals surface area contributed by atoms with Crippen molar-refractivity contribution >= 4 is 38.2 Å². The average Bonchev–Trinajstić information content (AvgIpc) is 2.79. The van der Waals surface area contributed by atoms with Gasteiger partial charge in [0.05, 0.1) is 9.80 Å². The topological polar surface area (TPSA) is 72.2 Å². The van der Waals surface area contributed by atoms with Crippen molar-refractivity contribution in [1.82, 2.24) is 5.32 Å². The van der Waals surface area contributed by atoms with Crippen LogP contribution in [0.2, 0.25) is 0 Å². The number of carbonyl (C=O) groups is 1. The van der Waals surface area contributed by atoms with Crippen LogP contribution in [0.25, 0.3) is 0 Å². The van der Waals surface area contributed by atoms with Gasteiger partial charge in [0.25, 0.3) is 5.91 Å². The van der Waals surface area contributed by atoms with Gasteiger partial charge in [0.15, 0.2) is 0 Å². The monoisotopic (exact) mass is 340 g/mol. The van der Waals surface area contributed by atoms with Gasteiger partial charge in [-0.3, -0.25) is 14.9 Å². The molecule has 0 saturated carbocycles. The number of hydrogen-bond donors (Lipinski definition) is 1. The maximum Gasteiger partial charge on any atom is 0.338 e. The molecule has 0 saturated heterocycles. The van der Waals surface area contributed by atoms with E-state index in [0.717, 1.165) is 16.9 Å². The highest BCUT2D eigenvalue weighted by atomic mass is 79.9. The van der Waals surface area contributed by atoms with E-state index in [1.807, 2.05) is 30.3 Å². The van der Waals surface area contributed by atoms with Crippen molar-refractivity contribution in [2.24, 2.45) is 0 Å². The molecule has 1 N–H and O–H groups in total. The van der Waals surface area contributed by atoms with E-state index in [1.165, 1.54) is 6.07 Å². The summed E-state index contributed by atoms with van der Waals surface area (Å²) < 4.78 is 0.326. The zero-order valence-electron chi connectivity index (χ0n) is 9.63. The van der Waals surface area contributed by atoms with Gasteiger partial charge in [0.2, 0.25) is 0 Å². The molecule has 7 heteroatoms. The lowest BCUT2D eigenvalue weighted by Crippen LogP contribution is -2.21. The molecule has 2 rings (SSSR count). The summed E-state index contributed by atoms with van der Waals surface area (Å²) >= 11 is 3.92. The van der Waals surface area contributed by atoms with E-state index >= 15 is 0 Å². The van der Waals surface area contributed by atoms with E-state index in [4.69, 9.17) is 0 Å². The standard InChI is InChI=1S/C12H9BrN2O3S/c13-9-6-10(19-12(9)15(17)18)11(16)14-7-8-4-2-1-3-5-8/h1-6H,7H2,(H,14,16). The highest BCUT2D eigenvalue weighted by Gasteiger charge is 2.20. The maximum atomic E-state index is 11.9. The van der Waals surface area contributed by atoms with Crippen molar-refractivity contribution in [2.45, 2.75) is 6.54 Å². The van der Waals surface area contributed by atoms with Gasteiger partial charge in [-0.15, -0.1) is 0 Å². The van der Waals surface area contributed by atoms with Crippen molar-refractivity contribution in [2.75, 3.05) is 0 Å². The fourth-order valence-electron chi connectivity index (χ4n) is 1.46. The average molecular weight is 341 g/mol. The van der Waals surface area contributed by atoms with Crippen LogP contribution in [0.4, 0.5) is 5.00 Å². The third-order valence-corrected chi connectivity index (χ3v) is 4.31. The first-order valence-electron chi connectivity index (χ1n) is 5.34. The van der Waals surface area contributed by atoms with Crippen LogP contribution in [-0.2, 0) is 6.54 Å². The first kappa shape index (κ1) is 13.7. The lowest BCUT2D eigenvalue weighted by Gasteiger charge is -2.02. The zero-order valence-corrected chi connectivity index (χ0v) is 12.0. The van der Waals surface area contributed by atoms with Crippen molar-refractivity contribution in [3.63, 3.8) is 0 Å². The maximum absolute atomic E-state index is 11.9. The molecule has 0 aliphatic heterocycles. The second kappa shape index (κ2) is 5.94. The second-order valence-corrected chi connectivity index (χ2v) is 5.57. The molecule has 0 aliphatic rings. The molecule has 1 aromatic heterocycles. The molecule has 0 radical (unpaired) electrons. The van der Waals surface area contributed by atoms with Crippen LogP contribution < -0.4 is 5.32 Å². The highest BCUT2D eigenvalue weighted by molar-refractivity contribution is 9.10. The SMILES string of the molecule is O=C(NCc1ccccc1)c1cc(Br)c([N+](=O)[O-])s1. The third kappa shape index (κ3) is 3.39. The molecule has 2 aromatic rings. The number of nitrogens with zero attached hydrogens (tertiary/aromatic N) is 1. The van der Waals surface area contributed by atoms with Crippen LogP contribution in [-0.4, -0.2) is 10.8 Å². The van der Waals surface area contributed by atoms with Gasteiger partial charge in [-0.2, -0.15) is 0 Å². The number of rotatable bonds is 4. The first-order chi connectivity index (χ1) is 9.08. The number of nitro groups is 1. The van der Waals surface area contributed by atoms with Crippen molar-refractivity contribution in [3.8, 4) is 0 Å². The fraction of sp³-hybridized carbons (Fsp3) is 0.0833. The van der Waals surface area contributed by atoms with Gasteiger partial charge in [-0.25, -0.2) is 0 Å².